The molecule has 3 N–H and O–H groups in total. The van der Waals surface area contributed by atoms with Crippen molar-refractivity contribution in [3.05, 3.63) is 164 Å². The number of amides is 2. The van der Waals surface area contributed by atoms with E-state index in [1.54, 1.807) is 48.7 Å². The summed E-state index contributed by atoms with van der Waals surface area (Å²) < 4.78 is 12.2. The number of nitriles is 1. The molecule has 2 aliphatic heterocycles. The lowest BCUT2D eigenvalue weighted by Gasteiger charge is -2.37. The van der Waals surface area contributed by atoms with Crippen LogP contribution in [0, 0.1) is 11.3 Å². The van der Waals surface area contributed by atoms with Crippen molar-refractivity contribution in [3.8, 4) is 28.7 Å². The number of carbonyl (C=O) groups excluding carboxylic acids is 2. The molecule has 3 heterocycles. The minimum absolute atomic E-state index is 0.0846. The van der Waals surface area contributed by atoms with Crippen molar-refractivity contribution in [1.82, 2.24) is 15.2 Å². The number of halogens is 1. The number of carbonyl (C=O) groups is 3. The zero-order valence-electron chi connectivity index (χ0n) is 30.9. The molecule has 0 spiro atoms. The number of nitrogens with one attached hydrogen (secondary N) is 2. The minimum Gasteiger partial charge on any atom is -0.489 e. The second-order valence-corrected chi connectivity index (χ2v) is 15.5. The Hall–Kier alpha value is -6.52. The van der Waals surface area contributed by atoms with Crippen molar-refractivity contribution < 1.29 is 29.0 Å². The van der Waals surface area contributed by atoms with Crippen molar-refractivity contribution in [2.24, 2.45) is 0 Å². The lowest BCUT2D eigenvalue weighted by atomic mass is 9.91. The van der Waals surface area contributed by atoms with Crippen LogP contribution in [0.1, 0.15) is 44.5 Å². The normalized spacial score (nSPS) is 16.4. The van der Waals surface area contributed by atoms with Gasteiger partial charge in [0.1, 0.15) is 29.2 Å². The number of benzene rings is 5. The van der Waals surface area contributed by atoms with Crippen LogP contribution in [-0.2, 0) is 46.9 Å². The van der Waals surface area contributed by atoms with E-state index in [2.05, 4.69) is 21.7 Å². The van der Waals surface area contributed by atoms with Crippen LogP contribution >= 0.6 is 22.9 Å². The molecule has 1 aromatic heterocycles. The number of ether oxygens (including phenoxy) is 2. The van der Waals surface area contributed by atoms with Gasteiger partial charge in [-0.2, -0.15) is 5.26 Å². The minimum atomic E-state index is -1.17. The van der Waals surface area contributed by atoms with E-state index in [4.69, 9.17) is 26.3 Å². The average Bonchev–Trinajstić information content (AvgIpc) is 3.75. The van der Waals surface area contributed by atoms with Gasteiger partial charge in [-0.3, -0.25) is 14.5 Å². The molecule has 6 aromatic rings. The summed E-state index contributed by atoms with van der Waals surface area (Å²) in [5, 5.41) is 28.5. The number of aromatic nitrogens is 1. The van der Waals surface area contributed by atoms with Gasteiger partial charge in [0.25, 0.3) is 5.91 Å². The molecule has 3 atom stereocenters. The molecule has 0 radical (unpaired) electrons. The Morgan fingerprint density at radius 3 is 2.45 bits per heavy atom. The molecule has 11 nitrogen and oxygen atoms in total. The van der Waals surface area contributed by atoms with E-state index >= 15 is 0 Å². The van der Waals surface area contributed by atoms with Gasteiger partial charge in [0.2, 0.25) is 12.0 Å². The van der Waals surface area contributed by atoms with E-state index < -0.39 is 30.1 Å². The summed E-state index contributed by atoms with van der Waals surface area (Å²) in [7, 11) is 0. The molecule has 13 heteroatoms. The van der Waals surface area contributed by atoms with E-state index in [-0.39, 0.29) is 18.7 Å². The number of carboxylic acids is 1. The molecule has 2 amide bonds. The highest BCUT2D eigenvalue weighted by Crippen LogP contribution is 2.40. The topological polar surface area (TPSA) is 154 Å². The summed E-state index contributed by atoms with van der Waals surface area (Å²) in [6, 6.07) is 33.3. The van der Waals surface area contributed by atoms with Crippen LogP contribution in [0.2, 0.25) is 5.02 Å². The number of aliphatic carboxylic acids is 1. The highest BCUT2D eigenvalue weighted by atomic mass is 35.5. The van der Waals surface area contributed by atoms with Gasteiger partial charge in [-0.05, 0) is 88.3 Å². The number of rotatable bonds is 12. The van der Waals surface area contributed by atoms with E-state index in [0.29, 0.717) is 53.0 Å². The van der Waals surface area contributed by atoms with Crippen molar-refractivity contribution in [1.29, 1.82) is 5.26 Å². The summed E-state index contributed by atoms with van der Waals surface area (Å²) in [6.45, 7) is 1.10. The predicted octanol–water partition coefficient (Wildman–Crippen LogP) is 7.73. The highest BCUT2D eigenvalue weighted by Gasteiger charge is 2.37. The van der Waals surface area contributed by atoms with Crippen molar-refractivity contribution >= 4 is 46.4 Å². The molecule has 0 bridgehead atoms. The smallest absolute Gasteiger partial charge is 0.326 e. The SMILES string of the molecule is N#Cc1ccc(-c2ccc(CC(NC(=O)C3Cc4cc5c(cc4CN3Cc3nccs3)OC(c3ccc(OCc4cccc(Cl)c4)cc3)C(=O)N5)C(=O)O)cc2)cc1. The van der Waals surface area contributed by atoms with Gasteiger partial charge in [-0.25, -0.2) is 9.78 Å². The third-order valence-electron chi connectivity index (χ3n) is 10.2. The Labute approximate surface area is 343 Å². The highest BCUT2D eigenvalue weighted by molar-refractivity contribution is 7.09. The number of thiazole rings is 1. The van der Waals surface area contributed by atoms with Gasteiger partial charge < -0.3 is 25.2 Å². The fourth-order valence-corrected chi connectivity index (χ4v) is 8.05. The van der Waals surface area contributed by atoms with Crippen LogP contribution in [0.25, 0.3) is 11.1 Å². The van der Waals surface area contributed by atoms with Gasteiger partial charge in [0.15, 0.2) is 0 Å². The van der Waals surface area contributed by atoms with Crippen LogP contribution < -0.4 is 20.1 Å². The van der Waals surface area contributed by atoms with Crippen molar-refractivity contribution in [2.75, 3.05) is 5.32 Å². The number of anilines is 1. The van der Waals surface area contributed by atoms with Crippen LogP contribution in [0.4, 0.5) is 5.69 Å². The third-order valence-corrected chi connectivity index (χ3v) is 11.2. The van der Waals surface area contributed by atoms with Crippen molar-refractivity contribution in [3.63, 3.8) is 0 Å². The van der Waals surface area contributed by atoms with Gasteiger partial charge in [0.05, 0.1) is 29.9 Å². The number of hydrogen-bond acceptors (Lipinski definition) is 9. The van der Waals surface area contributed by atoms with Crippen LogP contribution in [0.3, 0.4) is 0 Å². The first kappa shape index (κ1) is 38.4. The summed E-state index contributed by atoms with van der Waals surface area (Å²) in [4.78, 5) is 46.4. The Balaban J connectivity index is 0.966. The molecule has 5 aromatic carbocycles. The molecular weight excluding hydrogens is 774 g/mol. The molecule has 2 aliphatic rings. The molecule has 290 valence electrons. The molecule has 0 aliphatic carbocycles. The second-order valence-electron chi connectivity index (χ2n) is 14.1. The van der Waals surface area contributed by atoms with E-state index in [9.17, 15) is 19.5 Å². The molecule has 0 saturated heterocycles. The zero-order valence-corrected chi connectivity index (χ0v) is 32.5. The lowest BCUT2D eigenvalue weighted by Crippen LogP contribution is -2.54. The Morgan fingerprint density at radius 1 is 1.00 bits per heavy atom. The summed E-state index contributed by atoms with van der Waals surface area (Å²) >= 11 is 7.57. The first-order chi connectivity index (χ1) is 28.2. The molecule has 0 fully saturated rings. The number of fused-ring (bicyclic) bond motifs is 2. The first-order valence-electron chi connectivity index (χ1n) is 18.5. The molecule has 0 saturated carbocycles. The van der Waals surface area contributed by atoms with E-state index in [0.717, 1.165) is 38.4 Å². The predicted molar refractivity (Wildman–Crippen MR) is 219 cm³/mol. The monoisotopic (exact) mass is 809 g/mol. The Kier molecular flexibility index (Phi) is 11.2. The van der Waals surface area contributed by atoms with Crippen LogP contribution in [-0.4, -0.2) is 44.9 Å². The molecular formula is C45H36ClN5O6S. The first-order valence-corrected chi connectivity index (χ1v) is 19.8. The van der Waals surface area contributed by atoms with E-state index in [1.165, 1.54) is 11.3 Å². The number of carboxylic acid groups (broad SMARTS) is 1. The fraction of sp³-hybridized carbons (Fsp3) is 0.178. The van der Waals surface area contributed by atoms with Gasteiger partial charge in [-0.1, -0.05) is 72.3 Å². The Bertz CT molecular complexity index is 2510. The van der Waals surface area contributed by atoms with Gasteiger partial charge in [-0.15, -0.1) is 11.3 Å². The zero-order chi connectivity index (χ0) is 40.2. The third kappa shape index (κ3) is 8.72. The molecule has 3 unspecified atom stereocenters. The van der Waals surface area contributed by atoms with Gasteiger partial charge >= 0.3 is 5.97 Å². The maximum atomic E-state index is 14.1. The quantitative estimate of drug-likeness (QED) is 0.113. The molecule has 58 heavy (non-hydrogen) atoms. The summed E-state index contributed by atoms with van der Waals surface area (Å²) in [5.41, 5.74) is 7.05. The maximum absolute atomic E-state index is 14.1. The Morgan fingerprint density at radius 2 is 1.76 bits per heavy atom. The molecule has 8 rings (SSSR count). The van der Waals surface area contributed by atoms with Gasteiger partial charge in [0, 0.05) is 35.1 Å². The lowest BCUT2D eigenvalue weighted by molar-refractivity contribution is -0.142. The standard InChI is InChI=1S/C45H36ClN5O6S/c46-35-3-1-2-29(18-35)26-56-36-14-12-32(13-15-36)42-44(53)49-37-20-33-21-39(51(25-41-48-16-17-58-41)24-34(33)22-40(37)57-42)43(52)50-38(45(54)55)19-27-4-8-30(9-5-27)31-10-6-28(23-47)7-11-31/h1-18,20,22,38-39,42H,19,21,24-26H2,(H,49,53)(H,50,52)(H,54,55). The average molecular weight is 810 g/mol. The van der Waals surface area contributed by atoms with E-state index in [1.807, 2.05) is 77.0 Å². The maximum Gasteiger partial charge on any atom is 0.326 e. The van der Waals surface area contributed by atoms with Crippen LogP contribution in [0.15, 0.2) is 121 Å². The number of hydrogen-bond donors (Lipinski definition) is 3. The van der Waals surface area contributed by atoms with Crippen molar-refractivity contribution in [2.45, 2.75) is 50.7 Å². The second kappa shape index (κ2) is 16.9. The number of nitrogens with zero attached hydrogens (tertiary/aromatic N) is 3. The largest absolute Gasteiger partial charge is 0.489 e. The summed E-state index contributed by atoms with van der Waals surface area (Å²) in [5.74, 6) is -0.738. The summed E-state index contributed by atoms with van der Waals surface area (Å²) in [6.07, 6.45) is 1.19. The fourth-order valence-electron chi connectivity index (χ4n) is 7.20. The van der Waals surface area contributed by atoms with Crippen LogP contribution in [0.5, 0.6) is 11.5 Å².